The molecule has 2 aliphatic heterocycles. The van der Waals surface area contributed by atoms with Gasteiger partial charge in [0.2, 0.25) is 35.4 Å². The molecule has 0 bridgehead atoms. The first-order valence-electron chi connectivity index (χ1n) is 23.7. The Morgan fingerprint density at radius 1 is 0.700 bits per heavy atom. The van der Waals surface area contributed by atoms with Crippen LogP contribution in [0.1, 0.15) is 88.7 Å². The summed E-state index contributed by atoms with van der Waals surface area (Å²) in [5, 5.41) is 44.5. The second kappa shape index (κ2) is 25.9. The topological polar surface area (TPSA) is 226 Å². The summed E-state index contributed by atoms with van der Waals surface area (Å²) < 4.78 is 0. The summed E-state index contributed by atoms with van der Waals surface area (Å²) in [6.45, 7) is 12.2. The Balaban J connectivity index is 1.11. The van der Waals surface area contributed by atoms with Gasteiger partial charge in [-0.25, -0.2) is 9.97 Å². The van der Waals surface area contributed by atoms with Crippen molar-refractivity contribution in [3.63, 3.8) is 0 Å². The Morgan fingerprint density at radius 3 is 1.66 bits per heavy atom. The smallest absolute Gasteiger partial charge is 0.250 e. The summed E-state index contributed by atoms with van der Waals surface area (Å²) in [6.07, 6.45) is -0.283. The third-order valence-corrected chi connectivity index (χ3v) is 16.5. The molecule has 4 heterocycles. The van der Waals surface area contributed by atoms with Crippen LogP contribution in [-0.2, 0) is 37.1 Å². The van der Waals surface area contributed by atoms with Crippen LogP contribution in [0.4, 0.5) is 0 Å². The highest BCUT2D eigenvalue weighted by molar-refractivity contribution is 8.76. The van der Waals surface area contributed by atoms with Crippen LogP contribution >= 0.6 is 44.3 Å². The highest BCUT2D eigenvalue weighted by atomic mass is 33.1. The number of nitrogens with zero attached hydrogens (tertiary/aromatic N) is 4. The minimum atomic E-state index is -1.07. The molecule has 20 heteroatoms. The number of benzene rings is 2. The average Bonchev–Trinajstić information content (AvgIpc) is 4.16. The number of carbonyl (C=O) groups excluding carboxylic acids is 5. The molecule has 4 aromatic rings. The van der Waals surface area contributed by atoms with Gasteiger partial charge in [0.05, 0.1) is 56.6 Å². The lowest BCUT2D eigenvalue weighted by Crippen LogP contribution is -2.54. The zero-order valence-electron chi connectivity index (χ0n) is 40.6. The van der Waals surface area contributed by atoms with Crippen LogP contribution in [-0.4, -0.2) is 120 Å². The lowest BCUT2D eigenvalue weighted by atomic mass is 10.1. The largest absolute Gasteiger partial charge is 0.494 e. The minimum Gasteiger partial charge on any atom is -0.494 e. The summed E-state index contributed by atoms with van der Waals surface area (Å²) in [5.74, 6) is -1.79. The van der Waals surface area contributed by atoms with Gasteiger partial charge in [0.25, 0.3) is 0 Å². The van der Waals surface area contributed by atoms with Gasteiger partial charge in [0, 0.05) is 56.8 Å². The molecular formula is C50H66N8O8S4. The van der Waals surface area contributed by atoms with E-state index in [4.69, 9.17) is 0 Å². The number of carbonyl (C=O) groups is 5. The second-order valence-electron chi connectivity index (χ2n) is 18.7. The van der Waals surface area contributed by atoms with Gasteiger partial charge in [-0.3, -0.25) is 24.0 Å². The Morgan fingerprint density at radius 2 is 1.19 bits per heavy atom. The van der Waals surface area contributed by atoms with Gasteiger partial charge in [-0.2, -0.15) is 0 Å². The van der Waals surface area contributed by atoms with E-state index in [1.54, 1.807) is 33.7 Å². The normalized spacial score (nSPS) is 18.5. The molecule has 2 fully saturated rings. The standard InChI is InChI=1S/C50H66N8O8S4/c1-29(2)7-17-43(61)55-39(49(65)57-23-37(59)19-41(57)47(63)51-21-33-9-13-35(14-10-33)45-31(5)53-27-67-45)25-69-70-26-40(56-44(62)18-8-30(3)4)50(66)58-24-38(60)20-42(58)48(64)52-22-34-11-15-36(16-12-34)46-32(6)54-28-68-46/h9-16,27-30,37-41,52,59-60,64H,7-8,17-26H2,1-6H3,(H,51,63)(H,55,61)(H,56,62)/b48-42-/t37-,38+,39+,40-,41+/m1/s1. The first-order valence-corrected chi connectivity index (χ1v) is 28.0. The van der Waals surface area contributed by atoms with Gasteiger partial charge in [-0.05, 0) is 60.8 Å². The van der Waals surface area contributed by atoms with Gasteiger partial charge in [-0.15, -0.1) is 22.7 Å². The maximum atomic E-state index is 14.4. The number of amides is 5. The quantitative estimate of drug-likeness (QED) is 0.0241. The van der Waals surface area contributed by atoms with Gasteiger partial charge in [0.15, 0.2) is 0 Å². The molecule has 6 rings (SSSR count). The number of hydrogen-bond acceptors (Lipinski definition) is 15. The van der Waals surface area contributed by atoms with Crippen molar-refractivity contribution < 1.29 is 39.3 Å². The first-order chi connectivity index (χ1) is 33.5. The molecule has 0 saturated carbocycles. The molecule has 0 aliphatic carbocycles. The van der Waals surface area contributed by atoms with Crippen molar-refractivity contribution in [2.24, 2.45) is 11.8 Å². The van der Waals surface area contributed by atoms with Crippen LogP contribution in [0.3, 0.4) is 0 Å². The fourth-order valence-electron chi connectivity index (χ4n) is 8.12. The van der Waals surface area contributed by atoms with Crippen LogP contribution < -0.4 is 21.3 Å². The predicted octanol–water partition coefficient (Wildman–Crippen LogP) is 6.46. The van der Waals surface area contributed by atoms with E-state index < -0.39 is 48.1 Å². The third kappa shape index (κ3) is 15.3. The molecule has 0 spiro atoms. The second-order valence-corrected chi connectivity index (χ2v) is 22.9. The fourth-order valence-corrected chi connectivity index (χ4v) is 12.0. The Labute approximate surface area is 426 Å². The Kier molecular flexibility index (Phi) is 20.1. The minimum absolute atomic E-state index is 0.00942. The van der Waals surface area contributed by atoms with Crippen molar-refractivity contribution in [2.45, 2.75) is 123 Å². The van der Waals surface area contributed by atoms with Crippen molar-refractivity contribution in [3.05, 3.63) is 93.6 Å². The van der Waals surface area contributed by atoms with E-state index in [1.165, 1.54) is 31.4 Å². The number of β-amino-alcohol motifs (C(OH)–C–C–N with tert-alkyl or cyclic N) is 2. The van der Waals surface area contributed by atoms with E-state index >= 15 is 0 Å². The van der Waals surface area contributed by atoms with Crippen molar-refractivity contribution in [1.82, 2.24) is 41.0 Å². The number of rotatable bonds is 23. The molecule has 2 saturated heterocycles. The molecule has 7 N–H and O–H groups in total. The molecule has 70 heavy (non-hydrogen) atoms. The van der Waals surface area contributed by atoms with Crippen LogP contribution in [0.25, 0.3) is 20.9 Å². The van der Waals surface area contributed by atoms with Crippen molar-refractivity contribution in [3.8, 4) is 20.9 Å². The lowest BCUT2D eigenvalue weighted by Gasteiger charge is -2.29. The van der Waals surface area contributed by atoms with E-state index in [0.717, 1.165) is 43.4 Å². The SMILES string of the molecule is Cc1ncsc1-c1ccc(CNC(=O)[C@@H]2C[C@@H](O)CN2C(=O)[C@H](CSSC[C@@H](NC(=O)CCC(C)C)C(=O)N2C[C@@H](O)C/C2=C(/O)NCc2ccc(-c3scnc3C)cc2)NC(=O)CCC(C)C)cc1. The number of aromatic nitrogens is 2. The zero-order chi connectivity index (χ0) is 50.5. The van der Waals surface area contributed by atoms with E-state index in [2.05, 4.69) is 31.2 Å². The Hall–Kier alpha value is -4.99. The van der Waals surface area contributed by atoms with E-state index in [-0.39, 0.29) is 98.6 Å². The zero-order valence-corrected chi connectivity index (χ0v) is 43.9. The van der Waals surface area contributed by atoms with E-state index in [0.29, 0.717) is 12.8 Å². The van der Waals surface area contributed by atoms with Crippen LogP contribution in [0.2, 0.25) is 0 Å². The molecule has 2 aromatic carbocycles. The first kappa shape index (κ1) is 54.3. The molecule has 378 valence electrons. The molecule has 16 nitrogen and oxygen atoms in total. The highest BCUT2D eigenvalue weighted by Gasteiger charge is 2.42. The number of likely N-dealkylation sites (tertiary alicyclic amines) is 2. The molecular weight excluding hydrogens is 969 g/mol. The number of thiazole rings is 2. The van der Waals surface area contributed by atoms with Gasteiger partial charge in [0.1, 0.15) is 18.1 Å². The monoisotopic (exact) mass is 1030 g/mol. The van der Waals surface area contributed by atoms with Crippen molar-refractivity contribution in [2.75, 3.05) is 24.6 Å². The number of aryl methyl sites for hydroxylation is 2. The molecule has 2 aliphatic rings. The summed E-state index contributed by atoms with van der Waals surface area (Å²) in [5.41, 5.74) is 9.49. The number of aliphatic hydroxyl groups excluding tert-OH is 3. The van der Waals surface area contributed by atoms with Gasteiger partial charge >= 0.3 is 0 Å². The summed E-state index contributed by atoms with van der Waals surface area (Å²) >= 11 is 3.11. The highest BCUT2D eigenvalue weighted by Crippen LogP contribution is 2.31. The van der Waals surface area contributed by atoms with Crippen molar-refractivity contribution in [1.29, 1.82) is 0 Å². The predicted molar refractivity (Wildman–Crippen MR) is 278 cm³/mol. The average molecular weight is 1040 g/mol. The van der Waals surface area contributed by atoms with Gasteiger partial charge < -0.3 is 46.4 Å². The Bertz CT molecular complexity index is 2440. The van der Waals surface area contributed by atoms with E-state index in [1.807, 2.05) is 90.1 Å². The summed E-state index contributed by atoms with van der Waals surface area (Å²) in [4.78, 5) is 82.4. The van der Waals surface area contributed by atoms with E-state index in [9.17, 15) is 39.3 Å². The molecule has 0 unspecified atom stereocenters. The number of aliphatic hydroxyl groups is 3. The van der Waals surface area contributed by atoms with Crippen LogP contribution in [0.5, 0.6) is 0 Å². The number of nitrogens with one attached hydrogen (secondary N) is 4. The third-order valence-electron chi connectivity index (χ3n) is 12.1. The maximum Gasteiger partial charge on any atom is 0.250 e. The maximum absolute atomic E-state index is 14.4. The van der Waals surface area contributed by atoms with Gasteiger partial charge in [-0.1, -0.05) is 97.8 Å². The molecule has 0 radical (unpaired) electrons. The fraction of sp³-hybridized carbons (Fsp3) is 0.500. The summed E-state index contributed by atoms with van der Waals surface area (Å²) in [7, 11) is 2.44. The molecule has 2 aromatic heterocycles. The summed E-state index contributed by atoms with van der Waals surface area (Å²) in [6, 6.07) is 12.5. The number of hydrogen-bond donors (Lipinski definition) is 7. The lowest BCUT2D eigenvalue weighted by molar-refractivity contribution is -0.141. The van der Waals surface area contributed by atoms with Crippen molar-refractivity contribution >= 4 is 73.8 Å². The molecule has 5 amide bonds. The molecule has 5 atom stereocenters. The van der Waals surface area contributed by atoms with Crippen LogP contribution in [0.15, 0.2) is 71.1 Å². The van der Waals surface area contributed by atoms with Crippen LogP contribution in [0, 0.1) is 25.7 Å².